The van der Waals surface area contributed by atoms with Crippen LogP contribution >= 0.6 is 0 Å². The van der Waals surface area contributed by atoms with Gasteiger partial charge in [0.2, 0.25) is 5.89 Å². The van der Waals surface area contributed by atoms with Crippen molar-refractivity contribution in [2.45, 2.75) is 46.7 Å². The first kappa shape index (κ1) is 11.2. The van der Waals surface area contributed by atoms with Gasteiger partial charge in [-0.25, -0.2) is 4.98 Å². The number of hydrogen-bond donors (Lipinski definition) is 1. The number of nitrogens with one attached hydrogen (secondary N) is 1. The van der Waals surface area contributed by atoms with Gasteiger partial charge in [-0.15, -0.1) is 0 Å². The van der Waals surface area contributed by atoms with Crippen LogP contribution in [-0.4, -0.2) is 11.0 Å². The van der Waals surface area contributed by atoms with E-state index >= 15 is 0 Å². The van der Waals surface area contributed by atoms with Crippen molar-refractivity contribution >= 4 is 0 Å². The Balaban J connectivity index is 2.39. The zero-order chi connectivity index (χ0) is 10.6. The Morgan fingerprint density at radius 2 is 2.21 bits per heavy atom. The molecule has 0 bridgehead atoms. The molecule has 0 aliphatic rings. The molecule has 1 unspecified atom stereocenters. The quantitative estimate of drug-likeness (QED) is 0.786. The van der Waals surface area contributed by atoms with Crippen LogP contribution in [0.2, 0.25) is 0 Å². The Morgan fingerprint density at radius 1 is 1.50 bits per heavy atom. The predicted molar refractivity (Wildman–Crippen MR) is 57.0 cm³/mol. The average molecular weight is 196 g/mol. The molecule has 0 fully saturated rings. The molecule has 0 aliphatic heterocycles. The Morgan fingerprint density at radius 3 is 2.64 bits per heavy atom. The van der Waals surface area contributed by atoms with Crippen molar-refractivity contribution in [1.29, 1.82) is 0 Å². The molecule has 0 spiro atoms. The van der Waals surface area contributed by atoms with E-state index in [-0.39, 0.29) is 0 Å². The van der Waals surface area contributed by atoms with E-state index in [0.29, 0.717) is 12.0 Å². The lowest BCUT2D eigenvalue weighted by molar-refractivity contribution is 0.358. The van der Waals surface area contributed by atoms with Crippen molar-refractivity contribution in [1.82, 2.24) is 10.3 Å². The predicted octanol–water partition coefficient (Wildman–Crippen LogP) is 2.51. The number of aryl methyl sites for hydroxylation is 1. The number of rotatable bonds is 5. The molecule has 0 saturated heterocycles. The molecule has 3 nitrogen and oxygen atoms in total. The molecular weight excluding hydrogens is 176 g/mol. The SMILES string of the molecule is CCC(NCc1ncc(C)o1)C(C)C. The third kappa shape index (κ3) is 3.14. The van der Waals surface area contributed by atoms with Gasteiger partial charge in [0.25, 0.3) is 0 Å². The van der Waals surface area contributed by atoms with Crippen LogP contribution in [0.3, 0.4) is 0 Å². The maximum absolute atomic E-state index is 5.38. The van der Waals surface area contributed by atoms with Crippen LogP contribution in [0, 0.1) is 12.8 Å². The second-order valence-corrected chi connectivity index (χ2v) is 4.00. The van der Waals surface area contributed by atoms with Crippen molar-refractivity contribution in [3.05, 3.63) is 17.8 Å². The van der Waals surface area contributed by atoms with Gasteiger partial charge in [-0.3, -0.25) is 0 Å². The molecule has 0 radical (unpaired) electrons. The standard InChI is InChI=1S/C11H20N2O/c1-5-10(8(2)3)12-7-11-13-6-9(4)14-11/h6,8,10,12H,5,7H2,1-4H3. The fraction of sp³-hybridized carbons (Fsp3) is 0.727. The molecule has 0 aromatic carbocycles. The largest absolute Gasteiger partial charge is 0.445 e. The smallest absolute Gasteiger partial charge is 0.208 e. The molecule has 80 valence electrons. The van der Waals surface area contributed by atoms with Crippen molar-refractivity contribution in [3.8, 4) is 0 Å². The van der Waals surface area contributed by atoms with Gasteiger partial charge < -0.3 is 9.73 Å². The first-order valence-corrected chi connectivity index (χ1v) is 5.28. The number of aromatic nitrogens is 1. The van der Waals surface area contributed by atoms with Gasteiger partial charge in [0.05, 0.1) is 12.7 Å². The third-order valence-corrected chi connectivity index (χ3v) is 2.43. The summed E-state index contributed by atoms with van der Waals surface area (Å²) in [5, 5.41) is 3.44. The summed E-state index contributed by atoms with van der Waals surface area (Å²) in [5.41, 5.74) is 0. The zero-order valence-electron chi connectivity index (χ0n) is 9.50. The molecule has 0 saturated carbocycles. The van der Waals surface area contributed by atoms with Crippen LogP contribution < -0.4 is 5.32 Å². The molecule has 1 heterocycles. The lowest BCUT2D eigenvalue weighted by Crippen LogP contribution is -2.32. The minimum Gasteiger partial charge on any atom is -0.445 e. The van der Waals surface area contributed by atoms with Crippen LogP contribution in [0.1, 0.15) is 38.8 Å². The molecule has 3 heteroatoms. The summed E-state index contributed by atoms with van der Waals surface area (Å²) in [6.45, 7) is 9.28. The minimum atomic E-state index is 0.544. The summed E-state index contributed by atoms with van der Waals surface area (Å²) in [5.74, 6) is 2.30. The summed E-state index contributed by atoms with van der Waals surface area (Å²) in [6.07, 6.45) is 2.89. The molecule has 1 aromatic heterocycles. The fourth-order valence-corrected chi connectivity index (χ4v) is 1.55. The van der Waals surface area contributed by atoms with Gasteiger partial charge >= 0.3 is 0 Å². The van der Waals surface area contributed by atoms with Gasteiger partial charge in [0, 0.05) is 6.04 Å². The van der Waals surface area contributed by atoms with Crippen molar-refractivity contribution in [2.24, 2.45) is 5.92 Å². The highest BCUT2D eigenvalue weighted by molar-refractivity contribution is 4.90. The van der Waals surface area contributed by atoms with Crippen molar-refractivity contribution in [2.75, 3.05) is 0 Å². The van der Waals surface area contributed by atoms with E-state index in [2.05, 4.69) is 31.1 Å². The molecule has 0 aliphatic carbocycles. The number of oxazole rings is 1. The maximum atomic E-state index is 5.38. The first-order chi connectivity index (χ1) is 6.63. The van der Waals surface area contributed by atoms with E-state index in [1.165, 1.54) is 0 Å². The molecule has 1 N–H and O–H groups in total. The highest BCUT2D eigenvalue weighted by Crippen LogP contribution is 2.07. The average Bonchev–Trinajstić information content (AvgIpc) is 2.52. The van der Waals surface area contributed by atoms with E-state index in [0.717, 1.165) is 24.6 Å². The Bertz CT molecular complexity index is 268. The van der Waals surface area contributed by atoms with E-state index in [4.69, 9.17) is 4.42 Å². The third-order valence-electron chi connectivity index (χ3n) is 2.43. The van der Waals surface area contributed by atoms with Crippen LogP contribution in [0.15, 0.2) is 10.6 Å². The maximum Gasteiger partial charge on any atom is 0.208 e. The van der Waals surface area contributed by atoms with Gasteiger partial charge in [0.1, 0.15) is 5.76 Å². The topological polar surface area (TPSA) is 38.1 Å². The van der Waals surface area contributed by atoms with E-state index in [1.807, 2.05) is 6.92 Å². The molecule has 1 aromatic rings. The van der Waals surface area contributed by atoms with Crippen molar-refractivity contribution < 1.29 is 4.42 Å². The summed E-state index contributed by atoms with van der Waals surface area (Å²) < 4.78 is 5.38. The number of nitrogens with zero attached hydrogens (tertiary/aromatic N) is 1. The van der Waals surface area contributed by atoms with Gasteiger partial charge in [-0.2, -0.15) is 0 Å². The lowest BCUT2D eigenvalue weighted by atomic mass is 10.0. The first-order valence-electron chi connectivity index (χ1n) is 5.28. The number of hydrogen-bond acceptors (Lipinski definition) is 3. The lowest BCUT2D eigenvalue weighted by Gasteiger charge is -2.19. The van der Waals surface area contributed by atoms with Crippen LogP contribution in [-0.2, 0) is 6.54 Å². The molecule has 14 heavy (non-hydrogen) atoms. The Hall–Kier alpha value is -0.830. The monoisotopic (exact) mass is 196 g/mol. The normalized spacial score (nSPS) is 13.5. The minimum absolute atomic E-state index is 0.544. The second-order valence-electron chi connectivity index (χ2n) is 4.00. The second kappa shape index (κ2) is 5.15. The molecular formula is C11H20N2O. The van der Waals surface area contributed by atoms with Crippen LogP contribution in [0.4, 0.5) is 0 Å². The van der Waals surface area contributed by atoms with Gasteiger partial charge in [0.15, 0.2) is 0 Å². The molecule has 1 rings (SSSR count). The summed E-state index contributed by atoms with van der Waals surface area (Å²) in [4.78, 5) is 4.15. The van der Waals surface area contributed by atoms with E-state index < -0.39 is 0 Å². The van der Waals surface area contributed by atoms with Gasteiger partial charge in [-0.05, 0) is 19.3 Å². The van der Waals surface area contributed by atoms with Crippen LogP contribution in [0.25, 0.3) is 0 Å². The highest BCUT2D eigenvalue weighted by atomic mass is 16.4. The summed E-state index contributed by atoms with van der Waals surface area (Å²) in [7, 11) is 0. The zero-order valence-corrected chi connectivity index (χ0v) is 9.50. The molecule has 1 atom stereocenters. The van der Waals surface area contributed by atoms with Gasteiger partial charge in [-0.1, -0.05) is 20.8 Å². The highest BCUT2D eigenvalue weighted by Gasteiger charge is 2.11. The fourth-order valence-electron chi connectivity index (χ4n) is 1.55. The van der Waals surface area contributed by atoms with Crippen molar-refractivity contribution in [3.63, 3.8) is 0 Å². The van der Waals surface area contributed by atoms with E-state index in [9.17, 15) is 0 Å². The Labute approximate surface area is 85.9 Å². The molecule has 0 amide bonds. The van der Waals surface area contributed by atoms with E-state index in [1.54, 1.807) is 6.20 Å². The summed E-state index contributed by atoms with van der Waals surface area (Å²) in [6, 6.07) is 0.544. The Kier molecular flexibility index (Phi) is 4.14. The summed E-state index contributed by atoms with van der Waals surface area (Å²) >= 11 is 0. The van der Waals surface area contributed by atoms with Crippen LogP contribution in [0.5, 0.6) is 0 Å².